The third-order valence-corrected chi connectivity index (χ3v) is 1.70. The normalized spacial score (nSPS) is 10.4. The summed E-state index contributed by atoms with van der Waals surface area (Å²) in [6.45, 7) is 4.41. The average molecular weight is 242 g/mol. The van der Waals surface area contributed by atoms with Gasteiger partial charge in [-0.05, 0) is 20.3 Å². The predicted octanol–water partition coefficient (Wildman–Crippen LogP) is -0.261. The summed E-state index contributed by atoms with van der Waals surface area (Å²) in [7, 11) is 0. The van der Waals surface area contributed by atoms with E-state index >= 15 is 0 Å². The van der Waals surface area contributed by atoms with Gasteiger partial charge in [-0.15, -0.1) is 0 Å². The van der Waals surface area contributed by atoms with E-state index in [1.807, 2.05) is 13.8 Å². The number of aliphatic hydroxyl groups is 1. The van der Waals surface area contributed by atoms with Crippen LogP contribution in [0.15, 0.2) is 0 Å². The zero-order chi connectivity index (χ0) is 12.7. The van der Waals surface area contributed by atoms with Crippen molar-refractivity contribution < 1.29 is 9.84 Å². The van der Waals surface area contributed by atoms with E-state index in [4.69, 9.17) is 15.7 Å². The Morgan fingerprint density at radius 1 is 1.29 bits per heavy atom. The van der Waals surface area contributed by atoms with E-state index in [1.165, 1.54) is 0 Å². The Hall–Kier alpha value is -1.67. The van der Waals surface area contributed by atoms with Crippen LogP contribution in [0.25, 0.3) is 0 Å². The Morgan fingerprint density at radius 3 is 2.59 bits per heavy atom. The van der Waals surface area contributed by atoms with Gasteiger partial charge in [0.1, 0.15) is 0 Å². The highest BCUT2D eigenvalue weighted by Crippen LogP contribution is 2.11. The third-order valence-electron chi connectivity index (χ3n) is 1.70. The van der Waals surface area contributed by atoms with Crippen LogP contribution in [0.4, 0.5) is 11.9 Å². The minimum Gasteiger partial charge on any atom is -0.461 e. The number of nitrogens with two attached hydrogens (primary N) is 1. The fraction of sp³-hybridized carbons (Fsp3) is 0.667. The van der Waals surface area contributed by atoms with Gasteiger partial charge < -0.3 is 15.2 Å². The van der Waals surface area contributed by atoms with Crippen molar-refractivity contribution in [1.82, 2.24) is 15.0 Å². The van der Waals surface area contributed by atoms with Crippen LogP contribution in [0.1, 0.15) is 20.3 Å². The van der Waals surface area contributed by atoms with E-state index in [9.17, 15) is 0 Å². The van der Waals surface area contributed by atoms with Crippen molar-refractivity contribution in [1.29, 1.82) is 0 Å². The molecular weight excluding hydrogens is 224 g/mol. The monoisotopic (exact) mass is 242 g/mol. The molecule has 0 aliphatic heterocycles. The number of hydrogen-bond donors (Lipinski definition) is 4. The second kappa shape index (κ2) is 6.81. The standard InChI is InChI=1S/C9H18N6O2/c1-6(2)17-9-13-7(11-4-3-5-16)12-8(14-9)15-10/h6,16H,3-5,10H2,1-2H3,(H2,11,12,13,14,15). The molecular formula is C9H18N6O2. The number of aliphatic hydroxyl groups excluding tert-OH is 1. The Labute approximate surface area is 99.6 Å². The second-order valence-electron chi connectivity index (χ2n) is 3.58. The highest BCUT2D eigenvalue weighted by atomic mass is 16.5. The SMILES string of the molecule is CC(C)Oc1nc(NN)nc(NCCCO)n1. The van der Waals surface area contributed by atoms with Crippen LogP contribution in [-0.2, 0) is 0 Å². The van der Waals surface area contributed by atoms with Gasteiger partial charge in [0, 0.05) is 13.2 Å². The lowest BCUT2D eigenvalue weighted by atomic mass is 10.4. The highest BCUT2D eigenvalue weighted by molar-refractivity contribution is 5.34. The lowest BCUT2D eigenvalue weighted by molar-refractivity contribution is 0.222. The zero-order valence-electron chi connectivity index (χ0n) is 9.97. The fourth-order valence-corrected chi connectivity index (χ4v) is 1.04. The van der Waals surface area contributed by atoms with Gasteiger partial charge in [0.05, 0.1) is 6.10 Å². The van der Waals surface area contributed by atoms with Crippen LogP contribution in [0.5, 0.6) is 6.01 Å². The Balaban J connectivity index is 2.74. The molecule has 1 aromatic heterocycles. The minimum atomic E-state index is -0.0340. The molecule has 0 fully saturated rings. The number of hydrogen-bond acceptors (Lipinski definition) is 8. The van der Waals surface area contributed by atoms with Crippen molar-refractivity contribution in [2.75, 3.05) is 23.9 Å². The molecule has 1 heterocycles. The summed E-state index contributed by atoms with van der Waals surface area (Å²) in [6.07, 6.45) is 0.575. The summed E-state index contributed by atoms with van der Waals surface area (Å²) < 4.78 is 5.36. The molecule has 0 aliphatic carbocycles. The minimum absolute atomic E-state index is 0.0340. The van der Waals surface area contributed by atoms with E-state index < -0.39 is 0 Å². The summed E-state index contributed by atoms with van der Waals surface area (Å²) in [5, 5.41) is 11.6. The Bertz CT molecular complexity index is 346. The molecule has 0 radical (unpaired) electrons. The van der Waals surface area contributed by atoms with Crippen LogP contribution < -0.4 is 21.3 Å². The average Bonchev–Trinajstić information content (AvgIpc) is 2.28. The van der Waals surface area contributed by atoms with Gasteiger partial charge in [-0.25, -0.2) is 5.84 Å². The van der Waals surface area contributed by atoms with Crippen molar-refractivity contribution in [2.24, 2.45) is 5.84 Å². The molecule has 0 unspecified atom stereocenters. The molecule has 1 aromatic rings. The van der Waals surface area contributed by atoms with Crippen LogP contribution in [0.3, 0.4) is 0 Å². The molecule has 5 N–H and O–H groups in total. The maximum Gasteiger partial charge on any atom is 0.323 e. The maximum absolute atomic E-state index is 8.67. The number of nitrogen functional groups attached to an aromatic ring is 1. The summed E-state index contributed by atoms with van der Waals surface area (Å²) in [5.74, 6) is 5.83. The van der Waals surface area contributed by atoms with Gasteiger partial charge in [-0.1, -0.05) is 0 Å². The van der Waals surface area contributed by atoms with Crippen LogP contribution >= 0.6 is 0 Å². The van der Waals surface area contributed by atoms with Gasteiger partial charge in [-0.2, -0.15) is 15.0 Å². The van der Waals surface area contributed by atoms with Gasteiger partial charge in [-0.3, -0.25) is 5.43 Å². The van der Waals surface area contributed by atoms with E-state index in [2.05, 4.69) is 25.7 Å². The number of rotatable bonds is 7. The van der Waals surface area contributed by atoms with Crippen molar-refractivity contribution in [3.63, 3.8) is 0 Å². The van der Waals surface area contributed by atoms with Crippen molar-refractivity contribution in [3.8, 4) is 6.01 Å². The molecule has 8 nitrogen and oxygen atoms in total. The molecule has 0 bridgehead atoms. The quantitative estimate of drug-likeness (QED) is 0.293. The molecule has 0 aliphatic rings. The largest absolute Gasteiger partial charge is 0.461 e. The second-order valence-corrected chi connectivity index (χ2v) is 3.58. The van der Waals surface area contributed by atoms with Crippen molar-refractivity contribution in [3.05, 3.63) is 0 Å². The predicted molar refractivity (Wildman–Crippen MR) is 63.6 cm³/mol. The van der Waals surface area contributed by atoms with Gasteiger partial charge in [0.2, 0.25) is 11.9 Å². The van der Waals surface area contributed by atoms with Crippen LogP contribution in [0.2, 0.25) is 0 Å². The number of aromatic nitrogens is 3. The maximum atomic E-state index is 8.67. The molecule has 0 spiro atoms. The number of ether oxygens (including phenoxy) is 1. The smallest absolute Gasteiger partial charge is 0.323 e. The van der Waals surface area contributed by atoms with E-state index in [1.54, 1.807) is 0 Å². The van der Waals surface area contributed by atoms with E-state index in [0.29, 0.717) is 18.9 Å². The molecule has 17 heavy (non-hydrogen) atoms. The van der Waals surface area contributed by atoms with Crippen molar-refractivity contribution in [2.45, 2.75) is 26.4 Å². The summed E-state index contributed by atoms with van der Waals surface area (Å²) in [5.41, 5.74) is 2.34. The molecule has 0 saturated carbocycles. The van der Waals surface area contributed by atoms with Gasteiger partial charge in [0.25, 0.3) is 0 Å². The van der Waals surface area contributed by atoms with E-state index in [-0.39, 0.29) is 24.7 Å². The highest BCUT2D eigenvalue weighted by Gasteiger charge is 2.07. The topological polar surface area (TPSA) is 118 Å². The molecule has 1 rings (SSSR count). The summed E-state index contributed by atoms with van der Waals surface area (Å²) in [6, 6.07) is 0.203. The Kier molecular flexibility index (Phi) is 5.37. The number of nitrogens with one attached hydrogen (secondary N) is 2. The van der Waals surface area contributed by atoms with Gasteiger partial charge in [0.15, 0.2) is 0 Å². The van der Waals surface area contributed by atoms with Gasteiger partial charge >= 0.3 is 6.01 Å². The lowest BCUT2D eigenvalue weighted by Crippen LogP contribution is -2.16. The van der Waals surface area contributed by atoms with Crippen LogP contribution in [0, 0.1) is 0 Å². The molecule has 8 heteroatoms. The fourth-order valence-electron chi connectivity index (χ4n) is 1.04. The molecule has 96 valence electrons. The number of nitrogens with zero attached hydrogens (tertiary/aromatic N) is 3. The first-order valence-electron chi connectivity index (χ1n) is 5.39. The summed E-state index contributed by atoms with van der Waals surface area (Å²) in [4.78, 5) is 12.0. The summed E-state index contributed by atoms with van der Waals surface area (Å²) >= 11 is 0. The molecule has 0 atom stereocenters. The van der Waals surface area contributed by atoms with E-state index in [0.717, 1.165) is 0 Å². The molecule has 0 saturated heterocycles. The molecule has 0 amide bonds. The first kappa shape index (κ1) is 13.4. The first-order chi connectivity index (χ1) is 8.15. The van der Waals surface area contributed by atoms with Crippen molar-refractivity contribution >= 4 is 11.9 Å². The van der Waals surface area contributed by atoms with Crippen LogP contribution in [-0.4, -0.2) is 39.3 Å². The first-order valence-corrected chi connectivity index (χ1v) is 5.39. The zero-order valence-corrected chi connectivity index (χ0v) is 9.97. The molecule has 0 aromatic carbocycles. The number of hydrazine groups is 1. The lowest BCUT2D eigenvalue weighted by Gasteiger charge is -2.10. The third kappa shape index (κ3) is 4.79. The number of anilines is 2. The Morgan fingerprint density at radius 2 is 2.00 bits per heavy atom.